The van der Waals surface area contributed by atoms with Gasteiger partial charge in [0, 0.05) is 38.4 Å². The van der Waals surface area contributed by atoms with Gasteiger partial charge in [-0.1, -0.05) is 0 Å². The maximum Gasteiger partial charge on any atom is 0.330 e. The van der Waals surface area contributed by atoms with Crippen molar-refractivity contribution in [1.29, 1.82) is 0 Å². The van der Waals surface area contributed by atoms with Crippen LogP contribution in [0.2, 0.25) is 0 Å². The molecule has 120 valence electrons. The highest BCUT2D eigenvalue weighted by atomic mass is 16.2. The van der Waals surface area contributed by atoms with Crippen molar-refractivity contribution in [3.8, 4) is 0 Å². The van der Waals surface area contributed by atoms with Crippen LogP contribution in [0.3, 0.4) is 0 Å². The van der Waals surface area contributed by atoms with E-state index in [0.29, 0.717) is 18.2 Å². The molecule has 6 nitrogen and oxygen atoms in total. The lowest BCUT2D eigenvalue weighted by atomic mass is 10.2. The third kappa shape index (κ3) is 5.13. The summed E-state index contributed by atoms with van der Waals surface area (Å²) in [7, 11) is 5.30. The zero-order valence-corrected chi connectivity index (χ0v) is 13.8. The van der Waals surface area contributed by atoms with Crippen LogP contribution in [0.15, 0.2) is 15.8 Å². The van der Waals surface area contributed by atoms with Crippen LogP contribution in [0.25, 0.3) is 0 Å². The Kier molecular flexibility index (Phi) is 6.84. The van der Waals surface area contributed by atoms with E-state index < -0.39 is 0 Å². The Hall–Kier alpha value is -1.40. The van der Waals surface area contributed by atoms with E-state index in [0.717, 1.165) is 30.5 Å². The fraction of sp³-hybridized carbons (Fsp3) is 0.733. The topological polar surface area (TPSA) is 59.3 Å². The van der Waals surface area contributed by atoms with Gasteiger partial charge >= 0.3 is 5.69 Å². The summed E-state index contributed by atoms with van der Waals surface area (Å²) in [6.45, 7) is 6.83. The Morgan fingerprint density at radius 3 is 2.52 bits per heavy atom. The van der Waals surface area contributed by atoms with Crippen molar-refractivity contribution in [1.82, 2.24) is 19.4 Å². The number of aromatic nitrogens is 2. The number of rotatable bonds is 8. The normalized spacial score (nSPS) is 11.6. The number of unbranched alkanes of at least 4 members (excludes halogenated alkanes) is 1. The molecule has 0 spiro atoms. The molecule has 0 saturated carbocycles. The summed E-state index contributed by atoms with van der Waals surface area (Å²) in [6, 6.07) is 0.576. The van der Waals surface area contributed by atoms with Crippen molar-refractivity contribution in [3.63, 3.8) is 0 Å². The summed E-state index contributed by atoms with van der Waals surface area (Å²) < 4.78 is 2.59. The number of hydrogen-bond donors (Lipinski definition) is 1. The summed E-state index contributed by atoms with van der Waals surface area (Å²) in [6.07, 6.45) is 3.82. The first-order chi connectivity index (χ1) is 9.84. The molecule has 6 heteroatoms. The predicted molar refractivity (Wildman–Crippen MR) is 85.6 cm³/mol. The van der Waals surface area contributed by atoms with E-state index in [2.05, 4.69) is 31.1 Å². The third-order valence-electron chi connectivity index (χ3n) is 3.83. The molecule has 0 atom stereocenters. The van der Waals surface area contributed by atoms with Gasteiger partial charge < -0.3 is 14.8 Å². The van der Waals surface area contributed by atoms with Gasteiger partial charge in [0.15, 0.2) is 0 Å². The van der Waals surface area contributed by atoms with Crippen molar-refractivity contribution in [2.75, 3.05) is 20.1 Å². The number of nitrogens with one attached hydrogen (secondary N) is 1. The molecule has 1 aromatic rings. The first kappa shape index (κ1) is 17.7. The smallest absolute Gasteiger partial charge is 0.312 e. The van der Waals surface area contributed by atoms with E-state index in [1.807, 2.05) is 0 Å². The Morgan fingerprint density at radius 1 is 1.24 bits per heavy atom. The summed E-state index contributed by atoms with van der Waals surface area (Å²) in [5.41, 5.74) is 0.115. The highest BCUT2D eigenvalue weighted by molar-refractivity contribution is 5.05. The summed E-state index contributed by atoms with van der Waals surface area (Å²) in [4.78, 5) is 25.8. The van der Waals surface area contributed by atoms with Crippen LogP contribution >= 0.6 is 0 Å². The fourth-order valence-corrected chi connectivity index (χ4v) is 2.10. The summed E-state index contributed by atoms with van der Waals surface area (Å²) in [5, 5.41) is 3.27. The molecule has 21 heavy (non-hydrogen) atoms. The van der Waals surface area contributed by atoms with E-state index in [9.17, 15) is 9.59 Å². The van der Waals surface area contributed by atoms with Crippen LogP contribution < -0.4 is 16.6 Å². The molecule has 0 aliphatic rings. The minimum Gasteiger partial charge on any atom is -0.312 e. The Bertz CT molecular complexity index is 560. The Labute approximate surface area is 126 Å². The van der Waals surface area contributed by atoms with Crippen LogP contribution in [0.4, 0.5) is 0 Å². The molecule has 1 aromatic heterocycles. The van der Waals surface area contributed by atoms with Crippen molar-refractivity contribution < 1.29 is 0 Å². The molecule has 1 heterocycles. The van der Waals surface area contributed by atoms with Gasteiger partial charge in [0.25, 0.3) is 5.56 Å². The molecule has 1 rings (SSSR count). The first-order valence-corrected chi connectivity index (χ1v) is 7.51. The van der Waals surface area contributed by atoms with Gasteiger partial charge in [-0.3, -0.25) is 9.36 Å². The van der Waals surface area contributed by atoms with Gasteiger partial charge in [-0.15, -0.1) is 0 Å². The lowest BCUT2D eigenvalue weighted by molar-refractivity contribution is 0.268. The van der Waals surface area contributed by atoms with Gasteiger partial charge in [0.2, 0.25) is 0 Å². The zero-order chi connectivity index (χ0) is 16.0. The molecule has 1 N–H and O–H groups in total. The van der Waals surface area contributed by atoms with Gasteiger partial charge in [0.05, 0.1) is 0 Å². The van der Waals surface area contributed by atoms with Crippen LogP contribution in [0.5, 0.6) is 0 Å². The molecule has 0 amide bonds. The Balaban J connectivity index is 2.37. The standard InChI is InChI=1S/C15H28N4O2/c1-12(2)17(3)9-7-6-8-16-10-13-11-18(4)15(21)19(5)14(13)20/h11-12,16H,6-10H2,1-5H3. The van der Waals surface area contributed by atoms with E-state index in [-0.39, 0.29) is 11.2 Å². The molecule has 0 unspecified atom stereocenters. The van der Waals surface area contributed by atoms with E-state index in [1.54, 1.807) is 13.2 Å². The summed E-state index contributed by atoms with van der Waals surface area (Å²) in [5.74, 6) is 0. The second-order valence-corrected chi connectivity index (χ2v) is 5.87. The van der Waals surface area contributed by atoms with Crippen molar-refractivity contribution >= 4 is 0 Å². The maximum absolute atomic E-state index is 11.9. The van der Waals surface area contributed by atoms with Crippen LogP contribution in [0.1, 0.15) is 32.3 Å². The van der Waals surface area contributed by atoms with Crippen molar-refractivity contribution in [3.05, 3.63) is 32.6 Å². The maximum atomic E-state index is 11.9. The molecule has 0 bridgehead atoms. The van der Waals surface area contributed by atoms with Crippen molar-refractivity contribution in [2.24, 2.45) is 14.1 Å². The molecule has 0 aliphatic heterocycles. The number of hydrogen-bond acceptors (Lipinski definition) is 4. The molecular weight excluding hydrogens is 268 g/mol. The Morgan fingerprint density at radius 2 is 1.90 bits per heavy atom. The number of aryl methyl sites for hydroxylation is 1. The fourth-order valence-electron chi connectivity index (χ4n) is 2.10. The van der Waals surface area contributed by atoms with Crippen LogP contribution in [-0.4, -0.2) is 40.2 Å². The average Bonchev–Trinajstić information content (AvgIpc) is 2.45. The first-order valence-electron chi connectivity index (χ1n) is 7.51. The minimum atomic E-state index is -0.291. The van der Waals surface area contributed by atoms with Gasteiger partial charge in [-0.05, 0) is 46.8 Å². The quantitative estimate of drug-likeness (QED) is 0.701. The highest BCUT2D eigenvalue weighted by Crippen LogP contribution is 1.97. The van der Waals surface area contributed by atoms with Crippen LogP contribution in [-0.2, 0) is 20.6 Å². The second-order valence-electron chi connectivity index (χ2n) is 5.87. The number of nitrogens with zero attached hydrogens (tertiary/aromatic N) is 3. The minimum absolute atomic E-state index is 0.217. The van der Waals surface area contributed by atoms with Gasteiger partial charge in [-0.25, -0.2) is 4.79 Å². The largest absolute Gasteiger partial charge is 0.330 e. The van der Waals surface area contributed by atoms with Gasteiger partial charge in [-0.2, -0.15) is 0 Å². The predicted octanol–water partition coefficient (Wildman–Crippen LogP) is 0.294. The van der Waals surface area contributed by atoms with Crippen molar-refractivity contribution in [2.45, 2.75) is 39.3 Å². The SMILES string of the molecule is CC(C)N(C)CCCCNCc1cn(C)c(=O)n(C)c1=O. The summed E-state index contributed by atoms with van der Waals surface area (Å²) >= 11 is 0. The third-order valence-corrected chi connectivity index (χ3v) is 3.83. The van der Waals surface area contributed by atoms with E-state index in [1.165, 1.54) is 11.6 Å². The lowest BCUT2D eigenvalue weighted by Crippen LogP contribution is -2.39. The molecular formula is C15H28N4O2. The molecule has 0 fully saturated rings. The molecule has 0 radical (unpaired) electrons. The zero-order valence-electron chi connectivity index (χ0n) is 13.8. The molecule has 0 saturated heterocycles. The van der Waals surface area contributed by atoms with E-state index in [4.69, 9.17) is 0 Å². The average molecular weight is 296 g/mol. The lowest BCUT2D eigenvalue weighted by Gasteiger charge is -2.20. The molecule has 0 aliphatic carbocycles. The van der Waals surface area contributed by atoms with E-state index >= 15 is 0 Å². The highest BCUT2D eigenvalue weighted by Gasteiger charge is 2.06. The van der Waals surface area contributed by atoms with Crippen LogP contribution in [0, 0.1) is 0 Å². The molecule has 0 aromatic carbocycles. The monoisotopic (exact) mass is 296 g/mol. The second kappa shape index (κ2) is 8.14. The van der Waals surface area contributed by atoms with Gasteiger partial charge in [0.1, 0.15) is 0 Å².